The molecule has 2 rings (SSSR count). The van der Waals surface area contributed by atoms with Crippen molar-refractivity contribution in [2.75, 3.05) is 0 Å². The van der Waals surface area contributed by atoms with Gasteiger partial charge in [-0.1, -0.05) is 34.9 Å². The molecular formula is C17H18N2O2. The Hall–Kier alpha value is -2.62. The number of carbonyl (C=O) groups is 2. The zero-order valence-electron chi connectivity index (χ0n) is 12.4. The van der Waals surface area contributed by atoms with Crippen molar-refractivity contribution in [3.05, 3.63) is 70.3 Å². The van der Waals surface area contributed by atoms with Gasteiger partial charge in [-0.2, -0.15) is 0 Å². The highest BCUT2D eigenvalue weighted by molar-refractivity contribution is 5.99. The minimum Gasteiger partial charge on any atom is -0.267 e. The largest absolute Gasteiger partial charge is 0.269 e. The highest BCUT2D eigenvalue weighted by atomic mass is 16.2. The minimum atomic E-state index is -0.340. The molecule has 0 fully saturated rings. The lowest BCUT2D eigenvalue weighted by Crippen LogP contribution is -2.41. The number of hydrogen-bond acceptors (Lipinski definition) is 2. The van der Waals surface area contributed by atoms with Gasteiger partial charge in [-0.25, -0.2) is 0 Å². The van der Waals surface area contributed by atoms with Gasteiger partial charge in [0.05, 0.1) is 0 Å². The molecule has 2 aromatic carbocycles. The standard InChI is InChI=1S/C17H18N2O2/c1-11-4-6-14(7-5-11)16(20)18-19-17(21)15-9-12(2)8-13(3)10-15/h4-10H,1-3H3,(H,18,20)(H,19,21). The summed E-state index contributed by atoms with van der Waals surface area (Å²) in [6.45, 7) is 5.80. The molecule has 0 heterocycles. The number of nitrogens with one attached hydrogen (secondary N) is 2. The molecule has 2 N–H and O–H groups in total. The second kappa shape index (κ2) is 6.22. The van der Waals surface area contributed by atoms with Crippen molar-refractivity contribution in [2.45, 2.75) is 20.8 Å². The number of hydrogen-bond donors (Lipinski definition) is 2. The van der Waals surface area contributed by atoms with Gasteiger partial charge in [0.1, 0.15) is 0 Å². The molecule has 0 aliphatic carbocycles. The van der Waals surface area contributed by atoms with Crippen LogP contribution in [0.2, 0.25) is 0 Å². The van der Waals surface area contributed by atoms with Crippen LogP contribution in [0.3, 0.4) is 0 Å². The van der Waals surface area contributed by atoms with Crippen LogP contribution in [0.1, 0.15) is 37.4 Å². The SMILES string of the molecule is Cc1ccc(C(=O)NNC(=O)c2cc(C)cc(C)c2)cc1. The fourth-order valence-electron chi connectivity index (χ4n) is 2.07. The maximum atomic E-state index is 12.0. The first-order valence-electron chi connectivity index (χ1n) is 6.71. The van der Waals surface area contributed by atoms with Gasteiger partial charge < -0.3 is 0 Å². The Morgan fingerprint density at radius 3 is 1.67 bits per heavy atom. The molecule has 0 unspecified atom stereocenters. The Labute approximate surface area is 124 Å². The summed E-state index contributed by atoms with van der Waals surface area (Å²) in [7, 11) is 0. The van der Waals surface area contributed by atoms with Crippen molar-refractivity contribution in [1.82, 2.24) is 10.9 Å². The summed E-state index contributed by atoms with van der Waals surface area (Å²) in [5.74, 6) is -0.671. The quantitative estimate of drug-likeness (QED) is 0.832. The molecule has 0 saturated carbocycles. The average molecular weight is 282 g/mol. The van der Waals surface area contributed by atoms with E-state index >= 15 is 0 Å². The molecular weight excluding hydrogens is 264 g/mol. The minimum absolute atomic E-state index is 0.331. The molecule has 4 nitrogen and oxygen atoms in total. The second-order valence-corrected chi connectivity index (χ2v) is 5.15. The fraction of sp³-hybridized carbons (Fsp3) is 0.176. The first-order valence-corrected chi connectivity index (χ1v) is 6.71. The van der Waals surface area contributed by atoms with Crippen LogP contribution in [0.25, 0.3) is 0 Å². The van der Waals surface area contributed by atoms with Crippen molar-refractivity contribution in [3.63, 3.8) is 0 Å². The predicted molar refractivity (Wildman–Crippen MR) is 82.0 cm³/mol. The first kappa shape index (κ1) is 14.8. The third-order valence-corrected chi connectivity index (χ3v) is 3.09. The number of amides is 2. The summed E-state index contributed by atoms with van der Waals surface area (Å²) in [4.78, 5) is 23.9. The molecule has 0 radical (unpaired) electrons. The number of aryl methyl sites for hydroxylation is 3. The Morgan fingerprint density at radius 2 is 1.14 bits per heavy atom. The Morgan fingerprint density at radius 1 is 0.667 bits per heavy atom. The molecule has 0 atom stereocenters. The number of rotatable bonds is 2. The molecule has 0 bridgehead atoms. The molecule has 2 aromatic rings. The summed E-state index contributed by atoms with van der Waals surface area (Å²) in [6.07, 6.45) is 0. The van der Waals surface area contributed by atoms with Crippen LogP contribution in [0.4, 0.5) is 0 Å². The summed E-state index contributed by atoms with van der Waals surface area (Å²) in [5, 5.41) is 0. The molecule has 2 amide bonds. The molecule has 108 valence electrons. The van der Waals surface area contributed by atoms with Gasteiger partial charge in [0, 0.05) is 11.1 Å². The maximum Gasteiger partial charge on any atom is 0.269 e. The number of benzene rings is 2. The van der Waals surface area contributed by atoms with Crippen molar-refractivity contribution >= 4 is 11.8 Å². The van der Waals surface area contributed by atoms with Gasteiger partial charge >= 0.3 is 0 Å². The summed E-state index contributed by atoms with van der Waals surface area (Å²) >= 11 is 0. The van der Waals surface area contributed by atoms with Crippen LogP contribution in [0.15, 0.2) is 42.5 Å². The lowest BCUT2D eigenvalue weighted by Gasteiger charge is -2.09. The third kappa shape index (κ3) is 3.92. The third-order valence-electron chi connectivity index (χ3n) is 3.09. The first-order chi connectivity index (χ1) is 9.95. The molecule has 4 heteroatoms. The average Bonchev–Trinajstić information content (AvgIpc) is 2.44. The summed E-state index contributed by atoms with van der Waals surface area (Å²) < 4.78 is 0. The Balaban J connectivity index is 2.00. The van der Waals surface area contributed by atoms with Gasteiger partial charge in [-0.05, 0) is 45.0 Å². The van der Waals surface area contributed by atoms with Gasteiger partial charge in [0.15, 0.2) is 0 Å². The summed E-state index contributed by atoms with van der Waals surface area (Å²) in [5.41, 5.74) is 8.95. The van der Waals surface area contributed by atoms with Gasteiger partial charge in [0.2, 0.25) is 0 Å². The van der Waals surface area contributed by atoms with Crippen molar-refractivity contribution < 1.29 is 9.59 Å². The van der Waals surface area contributed by atoms with E-state index in [2.05, 4.69) is 10.9 Å². The van der Waals surface area contributed by atoms with Gasteiger partial charge in [-0.3, -0.25) is 20.4 Å². The zero-order valence-corrected chi connectivity index (χ0v) is 12.4. The normalized spacial score (nSPS) is 10.0. The fourth-order valence-corrected chi connectivity index (χ4v) is 2.07. The van der Waals surface area contributed by atoms with Crippen LogP contribution >= 0.6 is 0 Å². The Bertz CT molecular complexity index is 655. The monoisotopic (exact) mass is 282 g/mol. The van der Waals surface area contributed by atoms with E-state index in [1.165, 1.54) is 0 Å². The van der Waals surface area contributed by atoms with Crippen molar-refractivity contribution in [1.29, 1.82) is 0 Å². The highest BCUT2D eigenvalue weighted by Gasteiger charge is 2.09. The maximum absolute atomic E-state index is 12.0. The van der Waals surface area contributed by atoms with E-state index in [-0.39, 0.29) is 11.8 Å². The number of carbonyl (C=O) groups excluding carboxylic acids is 2. The van der Waals surface area contributed by atoms with E-state index in [1.54, 1.807) is 24.3 Å². The smallest absolute Gasteiger partial charge is 0.267 e. The van der Waals surface area contributed by atoms with Crippen LogP contribution in [0.5, 0.6) is 0 Å². The van der Waals surface area contributed by atoms with E-state index in [0.717, 1.165) is 16.7 Å². The van der Waals surface area contributed by atoms with E-state index in [9.17, 15) is 9.59 Å². The molecule has 0 aliphatic rings. The van der Waals surface area contributed by atoms with E-state index < -0.39 is 0 Å². The van der Waals surface area contributed by atoms with Gasteiger partial charge in [0.25, 0.3) is 11.8 Å². The van der Waals surface area contributed by atoms with Gasteiger partial charge in [-0.15, -0.1) is 0 Å². The van der Waals surface area contributed by atoms with Crippen molar-refractivity contribution in [2.24, 2.45) is 0 Å². The van der Waals surface area contributed by atoms with E-state index in [4.69, 9.17) is 0 Å². The van der Waals surface area contributed by atoms with Crippen molar-refractivity contribution in [3.8, 4) is 0 Å². The van der Waals surface area contributed by atoms with Crippen LogP contribution in [0, 0.1) is 20.8 Å². The van der Waals surface area contributed by atoms with E-state index in [1.807, 2.05) is 39.0 Å². The predicted octanol–water partition coefficient (Wildman–Crippen LogP) is 2.69. The topological polar surface area (TPSA) is 58.2 Å². The molecule has 0 spiro atoms. The molecule has 0 aromatic heterocycles. The zero-order chi connectivity index (χ0) is 15.4. The van der Waals surface area contributed by atoms with Crippen LogP contribution in [-0.4, -0.2) is 11.8 Å². The molecule has 0 saturated heterocycles. The Kier molecular flexibility index (Phi) is 4.38. The summed E-state index contributed by atoms with van der Waals surface area (Å²) in [6, 6.07) is 12.7. The van der Waals surface area contributed by atoms with Crippen LogP contribution < -0.4 is 10.9 Å². The van der Waals surface area contributed by atoms with Crippen LogP contribution in [-0.2, 0) is 0 Å². The molecule has 0 aliphatic heterocycles. The lowest BCUT2D eigenvalue weighted by atomic mass is 10.1. The lowest BCUT2D eigenvalue weighted by molar-refractivity contribution is 0.0846. The number of hydrazine groups is 1. The highest BCUT2D eigenvalue weighted by Crippen LogP contribution is 2.08. The molecule has 21 heavy (non-hydrogen) atoms. The second-order valence-electron chi connectivity index (χ2n) is 5.15. The van der Waals surface area contributed by atoms with E-state index in [0.29, 0.717) is 11.1 Å².